The summed E-state index contributed by atoms with van der Waals surface area (Å²) >= 11 is 0. The number of carbonyl (C=O) groups is 1. The fourth-order valence-electron chi connectivity index (χ4n) is 4.79. The van der Waals surface area contributed by atoms with E-state index in [1.54, 1.807) is 17.9 Å². The molecule has 1 saturated heterocycles. The van der Waals surface area contributed by atoms with E-state index in [0.29, 0.717) is 43.4 Å². The second kappa shape index (κ2) is 10.7. The van der Waals surface area contributed by atoms with Gasteiger partial charge >= 0.3 is 5.97 Å². The molecule has 1 aliphatic heterocycles. The molecule has 1 saturated carbocycles. The van der Waals surface area contributed by atoms with E-state index in [-0.39, 0.29) is 5.69 Å². The van der Waals surface area contributed by atoms with Crippen LogP contribution in [0.5, 0.6) is 5.75 Å². The number of rotatable bonds is 10. The average Bonchev–Trinajstić information content (AvgIpc) is 3.22. The van der Waals surface area contributed by atoms with Crippen molar-refractivity contribution in [2.75, 3.05) is 40.3 Å². The normalized spacial score (nSPS) is 17.5. The first-order valence-electron chi connectivity index (χ1n) is 12.3. The number of carboxylic acids is 1. The van der Waals surface area contributed by atoms with Crippen LogP contribution < -0.4 is 4.74 Å². The number of para-hydroxylation sites is 1. The van der Waals surface area contributed by atoms with Crippen LogP contribution in [0.3, 0.4) is 0 Å². The molecular formula is C26H32N4O5. The molecule has 3 heterocycles. The number of likely N-dealkylation sites (tertiary alicyclic amines) is 1. The molecule has 1 aromatic carbocycles. The molecule has 9 nitrogen and oxygen atoms in total. The number of nitrogens with zero attached hydrogens (tertiary/aromatic N) is 4. The average molecular weight is 481 g/mol. The zero-order valence-corrected chi connectivity index (χ0v) is 20.1. The lowest BCUT2D eigenvalue weighted by Crippen LogP contribution is -2.37. The fourth-order valence-corrected chi connectivity index (χ4v) is 4.79. The molecule has 2 aromatic heterocycles. The molecule has 2 aliphatic rings. The van der Waals surface area contributed by atoms with Crippen LogP contribution in [0.1, 0.15) is 54.2 Å². The van der Waals surface area contributed by atoms with E-state index < -0.39 is 5.97 Å². The first kappa shape index (κ1) is 23.7. The minimum Gasteiger partial charge on any atom is -0.492 e. The summed E-state index contributed by atoms with van der Waals surface area (Å²) in [6.07, 6.45) is 5.31. The Kier molecular flexibility index (Phi) is 7.26. The van der Waals surface area contributed by atoms with Crippen molar-refractivity contribution in [3.05, 3.63) is 47.8 Å². The van der Waals surface area contributed by atoms with Crippen molar-refractivity contribution in [2.45, 2.75) is 38.0 Å². The summed E-state index contributed by atoms with van der Waals surface area (Å²) < 4.78 is 18.5. The highest BCUT2D eigenvalue weighted by atomic mass is 16.7. The SMILES string of the molecule is COCOCN1CCC(COc2cc(C(=O)O)nc3c2c(C2CCC2)nn3-c2ccccc2)CC1. The van der Waals surface area contributed by atoms with Gasteiger partial charge in [0.1, 0.15) is 19.3 Å². The second-order valence-corrected chi connectivity index (χ2v) is 9.38. The summed E-state index contributed by atoms with van der Waals surface area (Å²) in [5.74, 6) is 0.230. The smallest absolute Gasteiger partial charge is 0.354 e. The largest absolute Gasteiger partial charge is 0.492 e. The minimum absolute atomic E-state index is 0.0325. The second-order valence-electron chi connectivity index (χ2n) is 9.38. The number of pyridine rings is 1. The van der Waals surface area contributed by atoms with Crippen molar-refractivity contribution in [1.29, 1.82) is 0 Å². The van der Waals surface area contributed by atoms with Crippen LogP contribution in [0.25, 0.3) is 16.7 Å². The molecule has 0 radical (unpaired) electrons. The molecule has 3 aromatic rings. The van der Waals surface area contributed by atoms with Crippen molar-refractivity contribution in [3.63, 3.8) is 0 Å². The van der Waals surface area contributed by atoms with E-state index in [2.05, 4.69) is 9.88 Å². The Morgan fingerprint density at radius 3 is 2.57 bits per heavy atom. The number of hydrogen-bond donors (Lipinski definition) is 1. The van der Waals surface area contributed by atoms with Crippen LogP contribution >= 0.6 is 0 Å². The maximum atomic E-state index is 11.9. The van der Waals surface area contributed by atoms with Crippen molar-refractivity contribution < 1.29 is 24.1 Å². The van der Waals surface area contributed by atoms with Gasteiger partial charge in [-0.3, -0.25) is 4.90 Å². The third-order valence-electron chi connectivity index (χ3n) is 7.00. The van der Waals surface area contributed by atoms with Gasteiger partial charge in [-0.15, -0.1) is 0 Å². The number of fused-ring (bicyclic) bond motifs is 1. The van der Waals surface area contributed by atoms with Crippen molar-refractivity contribution in [1.82, 2.24) is 19.7 Å². The molecule has 186 valence electrons. The van der Waals surface area contributed by atoms with Crippen LogP contribution in [0.15, 0.2) is 36.4 Å². The quantitative estimate of drug-likeness (QED) is 0.343. The Balaban J connectivity index is 1.41. The first-order chi connectivity index (χ1) is 17.1. The molecule has 0 amide bonds. The van der Waals surface area contributed by atoms with Gasteiger partial charge in [-0.1, -0.05) is 24.6 Å². The first-order valence-corrected chi connectivity index (χ1v) is 12.3. The molecule has 9 heteroatoms. The zero-order valence-electron chi connectivity index (χ0n) is 20.1. The van der Waals surface area contributed by atoms with Gasteiger partial charge in [-0.25, -0.2) is 14.5 Å². The monoisotopic (exact) mass is 480 g/mol. The lowest BCUT2D eigenvalue weighted by atomic mass is 9.82. The van der Waals surface area contributed by atoms with Gasteiger partial charge < -0.3 is 19.3 Å². The van der Waals surface area contributed by atoms with Crippen molar-refractivity contribution in [2.24, 2.45) is 5.92 Å². The van der Waals surface area contributed by atoms with Crippen molar-refractivity contribution >= 4 is 17.0 Å². The Hall–Kier alpha value is -3.01. The number of ether oxygens (including phenoxy) is 3. The van der Waals surface area contributed by atoms with Gasteiger partial charge in [0.15, 0.2) is 11.3 Å². The summed E-state index contributed by atoms with van der Waals surface area (Å²) in [6, 6.07) is 11.3. The molecule has 0 unspecified atom stereocenters. The third-order valence-corrected chi connectivity index (χ3v) is 7.00. The summed E-state index contributed by atoms with van der Waals surface area (Å²) in [6.45, 7) is 3.27. The Morgan fingerprint density at radius 1 is 1.14 bits per heavy atom. The molecular weight excluding hydrogens is 448 g/mol. The number of aromatic nitrogens is 3. The Bertz CT molecular complexity index is 1150. The summed E-state index contributed by atoms with van der Waals surface area (Å²) in [5.41, 5.74) is 2.32. The van der Waals surface area contributed by atoms with Crippen LogP contribution in [-0.2, 0) is 9.47 Å². The predicted octanol–water partition coefficient (Wildman–Crippen LogP) is 4.06. The number of benzene rings is 1. The van der Waals surface area contributed by atoms with E-state index >= 15 is 0 Å². The molecule has 35 heavy (non-hydrogen) atoms. The highest BCUT2D eigenvalue weighted by Gasteiger charge is 2.30. The molecule has 2 fully saturated rings. The molecule has 1 aliphatic carbocycles. The number of aromatic carboxylic acids is 1. The van der Waals surface area contributed by atoms with Gasteiger partial charge in [0.25, 0.3) is 0 Å². The van der Waals surface area contributed by atoms with E-state index in [9.17, 15) is 9.90 Å². The van der Waals surface area contributed by atoms with E-state index in [1.165, 1.54) is 6.42 Å². The molecule has 5 rings (SSSR count). The van der Waals surface area contributed by atoms with E-state index in [4.69, 9.17) is 19.3 Å². The molecule has 0 bridgehead atoms. The Morgan fingerprint density at radius 2 is 1.91 bits per heavy atom. The van der Waals surface area contributed by atoms with E-state index in [0.717, 1.165) is 55.5 Å². The topological polar surface area (TPSA) is 98.9 Å². The van der Waals surface area contributed by atoms with Gasteiger partial charge in [0.2, 0.25) is 0 Å². The zero-order chi connectivity index (χ0) is 24.2. The maximum Gasteiger partial charge on any atom is 0.354 e. The number of piperidine rings is 1. The number of carboxylic acid groups (broad SMARTS) is 1. The molecule has 1 N–H and O–H groups in total. The van der Waals surface area contributed by atoms with Gasteiger partial charge in [0.05, 0.1) is 23.4 Å². The fraction of sp³-hybridized carbons (Fsp3) is 0.500. The van der Waals surface area contributed by atoms with Crippen molar-refractivity contribution in [3.8, 4) is 11.4 Å². The summed E-state index contributed by atoms with van der Waals surface area (Å²) in [7, 11) is 1.62. The standard InChI is InChI=1S/C26H32N4O5/c1-33-17-34-16-29-12-10-18(11-13-29)15-35-22-14-21(26(31)32)27-25-23(22)24(19-6-5-7-19)28-30(25)20-8-3-2-4-9-20/h2-4,8-9,14,18-19H,5-7,10-13,15-17H2,1H3,(H,31,32). The molecule has 0 atom stereocenters. The highest BCUT2D eigenvalue weighted by Crippen LogP contribution is 2.42. The summed E-state index contributed by atoms with van der Waals surface area (Å²) in [5, 5.41) is 15.5. The predicted molar refractivity (Wildman–Crippen MR) is 130 cm³/mol. The Labute approximate surface area is 204 Å². The highest BCUT2D eigenvalue weighted by molar-refractivity contribution is 5.94. The number of hydrogen-bond acceptors (Lipinski definition) is 7. The third kappa shape index (κ3) is 5.17. The van der Waals surface area contributed by atoms with E-state index in [1.807, 2.05) is 30.3 Å². The van der Waals surface area contributed by atoms with Gasteiger partial charge in [-0.05, 0) is 43.7 Å². The number of methoxy groups -OCH3 is 1. The summed E-state index contributed by atoms with van der Waals surface area (Å²) in [4.78, 5) is 18.7. The van der Waals surface area contributed by atoms with Crippen LogP contribution in [0.4, 0.5) is 0 Å². The van der Waals surface area contributed by atoms with Crippen LogP contribution in [0.2, 0.25) is 0 Å². The maximum absolute atomic E-state index is 11.9. The lowest BCUT2D eigenvalue weighted by molar-refractivity contribution is -0.0801. The molecule has 0 spiro atoms. The van der Waals surface area contributed by atoms with Crippen LogP contribution in [0, 0.1) is 5.92 Å². The van der Waals surface area contributed by atoms with Crippen LogP contribution in [-0.4, -0.2) is 71.1 Å². The van der Waals surface area contributed by atoms with Gasteiger partial charge in [-0.2, -0.15) is 5.10 Å². The van der Waals surface area contributed by atoms with Gasteiger partial charge in [0, 0.05) is 32.2 Å². The lowest BCUT2D eigenvalue weighted by Gasteiger charge is -2.31. The minimum atomic E-state index is -1.08.